The van der Waals surface area contributed by atoms with Gasteiger partial charge in [-0.25, -0.2) is 4.98 Å². The monoisotopic (exact) mass is 331 g/mol. The number of anilines is 1. The first kappa shape index (κ1) is 15.6. The summed E-state index contributed by atoms with van der Waals surface area (Å²) in [5.41, 5.74) is 4.18. The molecule has 1 unspecified atom stereocenters. The number of aromatic nitrogens is 2. The molecule has 1 aromatic heterocycles. The summed E-state index contributed by atoms with van der Waals surface area (Å²) >= 11 is 0. The van der Waals surface area contributed by atoms with E-state index in [1.54, 1.807) is 6.20 Å². The number of fused-ring (bicyclic) bond motifs is 1. The van der Waals surface area contributed by atoms with E-state index in [-0.39, 0.29) is 11.9 Å². The number of carbonyl (C=O) groups is 1. The van der Waals surface area contributed by atoms with E-state index in [2.05, 4.69) is 22.5 Å². The van der Waals surface area contributed by atoms with Gasteiger partial charge in [-0.3, -0.25) is 4.79 Å². The van der Waals surface area contributed by atoms with E-state index in [1.165, 1.54) is 5.56 Å². The molecule has 2 aromatic carbocycles. The Bertz CT molecular complexity index is 911. The topological polar surface area (TPSA) is 38.1 Å². The highest BCUT2D eigenvalue weighted by atomic mass is 16.2. The number of benzene rings is 2. The van der Waals surface area contributed by atoms with Gasteiger partial charge < -0.3 is 9.47 Å². The summed E-state index contributed by atoms with van der Waals surface area (Å²) < 4.78 is 2.09. The number of amides is 1. The second kappa shape index (κ2) is 6.20. The lowest BCUT2D eigenvalue weighted by atomic mass is 10.1. The number of nitrogens with zero attached hydrogens (tertiary/aromatic N) is 3. The van der Waals surface area contributed by atoms with Gasteiger partial charge >= 0.3 is 0 Å². The van der Waals surface area contributed by atoms with E-state index in [0.29, 0.717) is 0 Å². The lowest BCUT2D eigenvalue weighted by Crippen LogP contribution is -2.35. The zero-order valence-corrected chi connectivity index (χ0v) is 14.5. The third kappa shape index (κ3) is 2.84. The van der Waals surface area contributed by atoms with E-state index in [4.69, 9.17) is 0 Å². The largest absolute Gasteiger partial charge is 0.331 e. The smallest absolute Gasteiger partial charge is 0.258 e. The fraction of sp³-hybridized carbons (Fsp3) is 0.238. The Morgan fingerprint density at radius 3 is 2.64 bits per heavy atom. The zero-order chi connectivity index (χ0) is 17.4. The minimum atomic E-state index is 0.0720. The van der Waals surface area contributed by atoms with Crippen molar-refractivity contribution in [1.82, 2.24) is 9.55 Å². The first-order valence-electron chi connectivity index (χ1n) is 8.61. The van der Waals surface area contributed by atoms with Crippen LogP contribution >= 0.6 is 0 Å². The van der Waals surface area contributed by atoms with Crippen molar-refractivity contribution in [3.63, 3.8) is 0 Å². The standard InChI is InChI=1S/C21H21N3O/c1-15-13-19-5-3-4-6-20(19)24(15)21(25)18-9-7-17(8-10-18)14-23-12-11-22-16(23)2/h3-12,15H,13-14H2,1-2H3. The third-order valence-electron chi connectivity index (χ3n) is 4.90. The van der Waals surface area contributed by atoms with Gasteiger partial charge in [0.05, 0.1) is 0 Å². The van der Waals surface area contributed by atoms with Gasteiger partial charge in [0.1, 0.15) is 5.82 Å². The van der Waals surface area contributed by atoms with Crippen molar-refractivity contribution in [1.29, 1.82) is 0 Å². The highest BCUT2D eigenvalue weighted by Gasteiger charge is 2.31. The van der Waals surface area contributed by atoms with E-state index in [0.717, 1.165) is 35.6 Å². The predicted octanol–water partition coefficient (Wildman–Crippen LogP) is 3.83. The maximum Gasteiger partial charge on any atom is 0.258 e. The lowest BCUT2D eigenvalue weighted by molar-refractivity contribution is 0.0981. The molecule has 0 N–H and O–H groups in total. The molecule has 25 heavy (non-hydrogen) atoms. The summed E-state index contributed by atoms with van der Waals surface area (Å²) in [6, 6.07) is 16.3. The number of hydrogen-bond donors (Lipinski definition) is 0. The van der Waals surface area contributed by atoms with Crippen molar-refractivity contribution in [2.24, 2.45) is 0 Å². The number of imidazole rings is 1. The molecule has 3 aromatic rings. The van der Waals surface area contributed by atoms with Crippen molar-refractivity contribution in [3.05, 3.63) is 83.4 Å². The Morgan fingerprint density at radius 2 is 1.92 bits per heavy atom. The van der Waals surface area contributed by atoms with Crippen molar-refractivity contribution < 1.29 is 4.79 Å². The Labute approximate surface area is 147 Å². The molecule has 4 heteroatoms. The molecule has 1 atom stereocenters. The van der Waals surface area contributed by atoms with Gasteiger partial charge in [0.15, 0.2) is 0 Å². The van der Waals surface area contributed by atoms with E-state index < -0.39 is 0 Å². The van der Waals surface area contributed by atoms with Crippen LogP contribution in [-0.2, 0) is 13.0 Å². The average molecular weight is 331 g/mol. The predicted molar refractivity (Wildman–Crippen MR) is 98.9 cm³/mol. The zero-order valence-electron chi connectivity index (χ0n) is 14.5. The number of rotatable bonds is 3. The Morgan fingerprint density at radius 1 is 1.16 bits per heavy atom. The third-order valence-corrected chi connectivity index (χ3v) is 4.90. The van der Waals surface area contributed by atoms with E-state index in [9.17, 15) is 4.79 Å². The molecule has 0 bridgehead atoms. The van der Waals surface area contributed by atoms with Crippen molar-refractivity contribution in [3.8, 4) is 0 Å². The van der Waals surface area contributed by atoms with Gasteiger partial charge in [-0.05, 0) is 49.6 Å². The van der Waals surface area contributed by atoms with Crippen LogP contribution in [0.5, 0.6) is 0 Å². The maximum atomic E-state index is 13.0. The lowest BCUT2D eigenvalue weighted by Gasteiger charge is -2.23. The van der Waals surface area contributed by atoms with Gasteiger partial charge in [-0.2, -0.15) is 0 Å². The summed E-state index contributed by atoms with van der Waals surface area (Å²) in [4.78, 5) is 19.2. The summed E-state index contributed by atoms with van der Waals surface area (Å²) in [6.45, 7) is 4.86. The molecule has 0 radical (unpaired) electrons. The number of para-hydroxylation sites is 1. The summed E-state index contributed by atoms with van der Waals surface area (Å²) in [5.74, 6) is 1.06. The summed E-state index contributed by atoms with van der Waals surface area (Å²) in [7, 11) is 0. The highest BCUT2D eigenvalue weighted by Crippen LogP contribution is 2.33. The Balaban J connectivity index is 1.56. The molecule has 0 aliphatic carbocycles. The molecule has 0 saturated carbocycles. The number of aryl methyl sites for hydroxylation is 1. The van der Waals surface area contributed by atoms with Crippen LogP contribution in [-0.4, -0.2) is 21.5 Å². The summed E-state index contributed by atoms with van der Waals surface area (Å²) in [5, 5.41) is 0. The first-order valence-corrected chi connectivity index (χ1v) is 8.61. The van der Waals surface area contributed by atoms with Crippen molar-refractivity contribution in [2.75, 3.05) is 4.90 Å². The maximum absolute atomic E-state index is 13.0. The number of hydrogen-bond acceptors (Lipinski definition) is 2. The van der Waals surface area contributed by atoms with Crippen LogP contribution in [0.2, 0.25) is 0 Å². The van der Waals surface area contributed by atoms with Crippen LogP contribution in [0.25, 0.3) is 0 Å². The van der Waals surface area contributed by atoms with E-state index >= 15 is 0 Å². The van der Waals surface area contributed by atoms with Crippen molar-refractivity contribution >= 4 is 11.6 Å². The minimum Gasteiger partial charge on any atom is -0.331 e. The van der Waals surface area contributed by atoms with Crippen LogP contribution in [0.3, 0.4) is 0 Å². The van der Waals surface area contributed by atoms with E-state index in [1.807, 2.05) is 60.5 Å². The summed E-state index contributed by atoms with van der Waals surface area (Å²) in [6.07, 6.45) is 4.69. The first-order chi connectivity index (χ1) is 12.1. The molecule has 1 amide bonds. The van der Waals surface area contributed by atoms with Gasteiger partial charge in [0, 0.05) is 36.2 Å². The molecule has 0 fully saturated rings. The second-order valence-electron chi connectivity index (χ2n) is 6.66. The highest BCUT2D eigenvalue weighted by molar-refractivity contribution is 6.07. The average Bonchev–Trinajstić information content (AvgIpc) is 3.17. The minimum absolute atomic E-state index is 0.0720. The molecule has 4 nitrogen and oxygen atoms in total. The Hall–Kier alpha value is -2.88. The fourth-order valence-electron chi connectivity index (χ4n) is 3.53. The molecular weight excluding hydrogens is 310 g/mol. The van der Waals surface area contributed by atoms with Gasteiger partial charge in [0.25, 0.3) is 5.91 Å². The van der Waals surface area contributed by atoms with Gasteiger partial charge in [0.2, 0.25) is 0 Å². The Kier molecular flexibility index (Phi) is 3.88. The molecule has 1 aliphatic heterocycles. The van der Waals surface area contributed by atoms with Crippen LogP contribution in [0.1, 0.15) is 34.2 Å². The van der Waals surface area contributed by atoms with Crippen LogP contribution in [0.4, 0.5) is 5.69 Å². The van der Waals surface area contributed by atoms with Gasteiger partial charge in [-0.1, -0.05) is 30.3 Å². The molecule has 0 saturated heterocycles. The molecule has 0 spiro atoms. The SMILES string of the molecule is Cc1nccn1Cc1ccc(C(=O)N2c3ccccc3CC2C)cc1. The molecule has 4 rings (SSSR count). The molecule has 1 aliphatic rings. The van der Waals surface area contributed by atoms with Crippen LogP contribution in [0, 0.1) is 6.92 Å². The van der Waals surface area contributed by atoms with Crippen molar-refractivity contribution in [2.45, 2.75) is 32.9 Å². The van der Waals surface area contributed by atoms with Crippen LogP contribution in [0.15, 0.2) is 60.9 Å². The molecular formula is C21H21N3O. The van der Waals surface area contributed by atoms with Crippen LogP contribution < -0.4 is 4.90 Å². The van der Waals surface area contributed by atoms with Gasteiger partial charge in [-0.15, -0.1) is 0 Å². The molecule has 2 heterocycles. The fourth-order valence-corrected chi connectivity index (χ4v) is 3.53. The normalized spacial score (nSPS) is 16.1. The molecule has 126 valence electrons. The quantitative estimate of drug-likeness (QED) is 0.731. The number of carbonyl (C=O) groups excluding carboxylic acids is 1. The second-order valence-corrected chi connectivity index (χ2v) is 6.66.